The number of amides is 1. The molecule has 11 heteroatoms. The number of rotatable bonds is 9. The molecule has 0 fully saturated rings. The maximum Gasteiger partial charge on any atom is 0.252 e. The van der Waals surface area contributed by atoms with Gasteiger partial charge in [0.05, 0.1) is 30.3 Å². The lowest BCUT2D eigenvalue weighted by molar-refractivity contribution is 0.0167. The Balaban J connectivity index is 1.69. The van der Waals surface area contributed by atoms with Crippen molar-refractivity contribution in [3.05, 3.63) is 83.9 Å². The summed E-state index contributed by atoms with van der Waals surface area (Å²) in [6.07, 6.45) is 2.45. The lowest BCUT2D eigenvalue weighted by Gasteiger charge is -2.26. The van der Waals surface area contributed by atoms with Crippen LogP contribution in [0.3, 0.4) is 0 Å². The first kappa shape index (κ1) is 24.2. The van der Waals surface area contributed by atoms with Crippen molar-refractivity contribution in [2.24, 2.45) is 0 Å². The summed E-state index contributed by atoms with van der Waals surface area (Å²) in [5.41, 5.74) is -0.679. The molecule has 1 unspecified atom stereocenters. The van der Waals surface area contributed by atoms with Gasteiger partial charge in [0.1, 0.15) is 29.1 Å². The molecule has 1 amide bonds. The Hall–Kier alpha value is -3.96. The van der Waals surface area contributed by atoms with Crippen LogP contribution >= 0.6 is 0 Å². The number of carbonyl (C=O) groups is 1. The van der Waals surface area contributed by atoms with Gasteiger partial charge in [-0.3, -0.25) is 14.6 Å². The molecule has 4 aromatic rings. The number of hydrogen-bond donors (Lipinski definition) is 3. The van der Waals surface area contributed by atoms with Gasteiger partial charge in [-0.2, -0.15) is 10.2 Å². The number of H-pyrrole nitrogens is 1. The Morgan fingerprint density at radius 2 is 1.94 bits per heavy atom. The van der Waals surface area contributed by atoms with E-state index < -0.39 is 42.1 Å². The third-order valence-electron chi connectivity index (χ3n) is 5.52. The van der Waals surface area contributed by atoms with E-state index in [4.69, 9.17) is 4.74 Å². The van der Waals surface area contributed by atoms with Gasteiger partial charge in [-0.15, -0.1) is 0 Å². The summed E-state index contributed by atoms with van der Waals surface area (Å²) < 4.78 is 50.4. The number of nitrogens with one attached hydrogen (secondary N) is 2. The van der Waals surface area contributed by atoms with Gasteiger partial charge in [0.15, 0.2) is 5.82 Å². The number of aliphatic hydroxyl groups is 1. The van der Waals surface area contributed by atoms with E-state index >= 15 is 4.39 Å². The van der Waals surface area contributed by atoms with E-state index in [2.05, 4.69) is 20.6 Å². The van der Waals surface area contributed by atoms with Crippen molar-refractivity contribution >= 4 is 5.91 Å². The van der Waals surface area contributed by atoms with E-state index in [-0.39, 0.29) is 34.6 Å². The number of aliphatic hydroxyl groups excluding tert-OH is 1. The highest BCUT2D eigenvalue weighted by Crippen LogP contribution is 2.32. The molecule has 0 aliphatic rings. The summed E-state index contributed by atoms with van der Waals surface area (Å²) in [6.45, 7) is -0.232. The molecule has 2 aromatic heterocycles. The maximum atomic E-state index is 15.3. The number of methoxy groups -OCH3 is 1. The van der Waals surface area contributed by atoms with Crippen LogP contribution in [-0.4, -0.2) is 56.9 Å². The molecule has 0 saturated heterocycles. The Morgan fingerprint density at radius 1 is 1.17 bits per heavy atom. The summed E-state index contributed by atoms with van der Waals surface area (Å²) in [4.78, 5) is 13.2. The Bertz CT molecular complexity index is 1290. The SMILES string of the molecule is COC(CO)[C@@H](Cn1cccn1)NC(=O)c1cccc(F)c1-c1[nH]nc(-c2ccc(F)cc2)c1F. The largest absolute Gasteiger partial charge is 0.394 e. The molecule has 182 valence electrons. The van der Waals surface area contributed by atoms with Crippen LogP contribution in [0.4, 0.5) is 13.2 Å². The Kier molecular flexibility index (Phi) is 7.28. The van der Waals surface area contributed by atoms with Crippen molar-refractivity contribution in [1.82, 2.24) is 25.3 Å². The van der Waals surface area contributed by atoms with Gasteiger partial charge < -0.3 is 15.2 Å². The van der Waals surface area contributed by atoms with Gasteiger partial charge in [-0.1, -0.05) is 6.07 Å². The molecule has 2 heterocycles. The molecule has 2 aromatic carbocycles. The summed E-state index contributed by atoms with van der Waals surface area (Å²) in [7, 11) is 1.38. The molecular formula is C24H22F3N5O3. The van der Waals surface area contributed by atoms with E-state index in [9.17, 15) is 18.7 Å². The van der Waals surface area contributed by atoms with Gasteiger partial charge in [0.2, 0.25) is 0 Å². The number of benzene rings is 2. The monoisotopic (exact) mass is 485 g/mol. The second-order valence-corrected chi connectivity index (χ2v) is 7.70. The molecule has 35 heavy (non-hydrogen) atoms. The second-order valence-electron chi connectivity index (χ2n) is 7.70. The first-order chi connectivity index (χ1) is 16.9. The number of aromatic nitrogens is 4. The summed E-state index contributed by atoms with van der Waals surface area (Å²) >= 11 is 0. The number of ether oxygens (including phenoxy) is 1. The quantitative estimate of drug-likeness (QED) is 0.338. The van der Waals surface area contributed by atoms with Crippen molar-refractivity contribution in [2.75, 3.05) is 13.7 Å². The van der Waals surface area contributed by atoms with Crippen LogP contribution in [0.5, 0.6) is 0 Å². The molecule has 0 aliphatic heterocycles. The number of nitrogens with zero attached hydrogens (tertiary/aromatic N) is 3. The average molecular weight is 485 g/mol. The smallest absolute Gasteiger partial charge is 0.252 e. The third kappa shape index (κ3) is 5.10. The van der Waals surface area contributed by atoms with E-state index in [1.165, 1.54) is 31.4 Å². The van der Waals surface area contributed by atoms with Gasteiger partial charge in [-0.25, -0.2) is 13.2 Å². The fourth-order valence-corrected chi connectivity index (χ4v) is 3.74. The number of aromatic amines is 1. The topological polar surface area (TPSA) is 105 Å². The van der Waals surface area contributed by atoms with Crippen LogP contribution < -0.4 is 5.32 Å². The summed E-state index contributed by atoms with van der Waals surface area (Å²) in [5.74, 6) is -2.96. The zero-order valence-electron chi connectivity index (χ0n) is 18.6. The molecule has 0 bridgehead atoms. The summed E-state index contributed by atoms with van der Waals surface area (Å²) in [5, 5.41) is 22.9. The molecule has 0 spiro atoms. The zero-order valence-corrected chi connectivity index (χ0v) is 18.6. The standard InChI is InChI=1S/C24H22F3N5O3/c1-35-19(13-33)18(12-32-11-3-10-28-32)29-24(34)16-4-2-5-17(26)20(16)23-21(27)22(30-31-23)14-6-8-15(25)9-7-14/h2-11,18-19,33H,12-13H2,1H3,(H,29,34)(H,30,31)/t18-,19?/m1/s1. The maximum absolute atomic E-state index is 15.3. The second kappa shape index (κ2) is 10.5. The van der Waals surface area contributed by atoms with Gasteiger partial charge in [-0.05, 0) is 42.5 Å². The predicted molar refractivity (Wildman–Crippen MR) is 121 cm³/mol. The van der Waals surface area contributed by atoms with E-state index in [1.807, 2.05) is 0 Å². The number of carbonyl (C=O) groups excluding carboxylic acids is 1. The zero-order chi connectivity index (χ0) is 24.9. The van der Waals surface area contributed by atoms with Crippen molar-refractivity contribution < 1.29 is 27.8 Å². The van der Waals surface area contributed by atoms with Crippen LogP contribution in [0.25, 0.3) is 22.5 Å². The van der Waals surface area contributed by atoms with Crippen LogP contribution in [0.2, 0.25) is 0 Å². The first-order valence-corrected chi connectivity index (χ1v) is 10.6. The molecular weight excluding hydrogens is 463 g/mol. The molecule has 0 saturated carbocycles. The van der Waals surface area contributed by atoms with Crippen LogP contribution in [-0.2, 0) is 11.3 Å². The van der Waals surface area contributed by atoms with Gasteiger partial charge >= 0.3 is 0 Å². The Labute approximate surface area is 198 Å². The highest BCUT2D eigenvalue weighted by Gasteiger charge is 2.28. The van der Waals surface area contributed by atoms with Crippen LogP contribution in [0, 0.1) is 17.5 Å². The highest BCUT2D eigenvalue weighted by atomic mass is 19.1. The van der Waals surface area contributed by atoms with Crippen LogP contribution in [0.15, 0.2) is 60.9 Å². The van der Waals surface area contributed by atoms with Crippen molar-refractivity contribution in [3.63, 3.8) is 0 Å². The van der Waals surface area contributed by atoms with E-state index in [1.54, 1.807) is 23.1 Å². The van der Waals surface area contributed by atoms with E-state index in [0.29, 0.717) is 0 Å². The van der Waals surface area contributed by atoms with Gasteiger partial charge in [0, 0.05) is 25.1 Å². The predicted octanol–water partition coefficient (Wildman–Crippen LogP) is 3.16. The first-order valence-electron chi connectivity index (χ1n) is 10.6. The minimum Gasteiger partial charge on any atom is -0.394 e. The molecule has 2 atom stereocenters. The minimum atomic E-state index is -0.894. The number of hydrogen-bond acceptors (Lipinski definition) is 5. The third-order valence-corrected chi connectivity index (χ3v) is 5.52. The minimum absolute atomic E-state index is 0.147. The molecule has 8 nitrogen and oxygen atoms in total. The average Bonchev–Trinajstić information content (AvgIpc) is 3.50. The number of halogens is 3. The molecule has 4 rings (SSSR count). The van der Waals surface area contributed by atoms with Crippen molar-refractivity contribution in [3.8, 4) is 22.5 Å². The summed E-state index contributed by atoms with van der Waals surface area (Å²) in [6, 6.07) is 9.70. The van der Waals surface area contributed by atoms with Crippen molar-refractivity contribution in [1.29, 1.82) is 0 Å². The van der Waals surface area contributed by atoms with Crippen LogP contribution in [0.1, 0.15) is 10.4 Å². The van der Waals surface area contributed by atoms with Gasteiger partial charge in [0.25, 0.3) is 5.91 Å². The van der Waals surface area contributed by atoms with Crippen molar-refractivity contribution in [2.45, 2.75) is 18.7 Å². The molecule has 3 N–H and O–H groups in total. The normalized spacial score (nSPS) is 12.9. The Morgan fingerprint density at radius 3 is 2.60 bits per heavy atom. The fraction of sp³-hybridized carbons (Fsp3) is 0.208. The lowest BCUT2D eigenvalue weighted by Crippen LogP contribution is -2.48. The lowest BCUT2D eigenvalue weighted by atomic mass is 10.0. The van der Waals surface area contributed by atoms with E-state index in [0.717, 1.165) is 18.2 Å². The molecule has 0 radical (unpaired) electrons. The fourth-order valence-electron chi connectivity index (χ4n) is 3.74. The molecule has 0 aliphatic carbocycles. The highest BCUT2D eigenvalue weighted by molar-refractivity contribution is 6.01.